The molecular formula is C14H21N3O4. The maximum atomic E-state index is 11.8. The van der Waals surface area contributed by atoms with E-state index in [1.54, 1.807) is 0 Å². The molecule has 2 amide bonds. The normalized spacial score (nSPS) is 21.8. The van der Waals surface area contributed by atoms with Crippen molar-refractivity contribution in [2.75, 3.05) is 0 Å². The van der Waals surface area contributed by atoms with Gasteiger partial charge in [-0.25, -0.2) is 9.78 Å². The number of aryl methyl sites for hydroxylation is 2. The number of oxazole rings is 1. The van der Waals surface area contributed by atoms with E-state index in [1.807, 2.05) is 13.8 Å². The summed E-state index contributed by atoms with van der Waals surface area (Å²) in [6.07, 6.45) is 2.80. The summed E-state index contributed by atoms with van der Waals surface area (Å²) in [5, 5.41) is 14.5. The zero-order valence-corrected chi connectivity index (χ0v) is 12.3. The molecular weight excluding hydrogens is 274 g/mol. The van der Waals surface area contributed by atoms with Crippen LogP contribution in [0.4, 0.5) is 4.79 Å². The fourth-order valence-electron chi connectivity index (χ4n) is 2.55. The van der Waals surface area contributed by atoms with E-state index in [4.69, 9.17) is 9.52 Å². The van der Waals surface area contributed by atoms with Gasteiger partial charge in [0.1, 0.15) is 5.76 Å². The second-order valence-corrected chi connectivity index (χ2v) is 5.47. The molecule has 1 aromatic heterocycles. The number of rotatable bonds is 4. The molecule has 0 aliphatic heterocycles. The summed E-state index contributed by atoms with van der Waals surface area (Å²) < 4.78 is 5.37. The van der Waals surface area contributed by atoms with Crippen LogP contribution in [-0.2, 0) is 11.3 Å². The number of amides is 2. The lowest BCUT2D eigenvalue weighted by molar-refractivity contribution is -0.143. The third-order valence-electron chi connectivity index (χ3n) is 3.83. The van der Waals surface area contributed by atoms with Gasteiger partial charge < -0.3 is 20.2 Å². The summed E-state index contributed by atoms with van der Waals surface area (Å²) in [6, 6.07) is -0.410. The van der Waals surface area contributed by atoms with Crippen molar-refractivity contribution in [3.63, 3.8) is 0 Å². The van der Waals surface area contributed by atoms with Crippen molar-refractivity contribution in [1.82, 2.24) is 15.6 Å². The number of nitrogens with one attached hydrogen (secondary N) is 2. The average molecular weight is 295 g/mol. The largest absolute Gasteiger partial charge is 0.481 e. The predicted octanol–water partition coefficient (Wildman–Crippen LogP) is 1.73. The molecule has 3 N–H and O–H groups in total. The zero-order valence-electron chi connectivity index (χ0n) is 12.3. The smallest absolute Gasteiger partial charge is 0.315 e. The van der Waals surface area contributed by atoms with Crippen LogP contribution in [0.1, 0.15) is 43.0 Å². The third-order valence-corrected chi connectivity index (χ3v) is 3.83. The standard InChI is InChI=1S/C14H21N3O4/c1-8-9(2)21-12(16-8)7-15-14(20)17-11-5-3-4-10(6-11)13(18)19/h10-11H,3-7H2,1-2H3,(H,18,19)(H2,15,17,20). The van der Waals surface area contributed by atoms with Gasteiger partial charge in [-0.2, -0.15) is 0 Å². The van der Waals surface area contributed by atoms with E-state index in [1.165, 1.54) is 0 Å². The first-order chi connectivity index (χ1) is 9.95. The molecule has 7 nitrogen and oxygen atoms in total. The first-order valence-electron chi connectivity index (χ1n) is 7.15. The van der Waals surface area contributed by atoms with Crippen LogP contribution in [0, 0.1) is 19.8 Å². The van der Waals surface area contributed by atoms with Crippen LogP contribution in [0.3, 0.4) is 0 Å². The Hall–Kier alpha value is -2.05. The van der Waals surface area contributed by atoms with Crippen molar-refractivity contribution >= 4 is 12.0 Å². The molecule has 2 rings (SSSR count). The highest BCUT2D eigenvalue weighted by Gasteiger charge is 2.27. The molecule has 1 fully saturated rings. The first-order valence-corrected chi connectivity index (χ1v) is 7.15. The van der Waals surface area contributed by atoms with E-state index >= 15 is 0 Å². The van der Waals surface area contributed by atoms with Gasteiger partial charge in [-0.05, 0) is 33.1 Å². The van der Waals surface area contributed by atoms with Crippen LogP contribution in [0.5, 0.6) is 0 Å². The Morgan fingerprint density at radius 1 is 1.38 bits per heavy atom. The Kier molecular flexibility index (Phi) is 4.82. The molecule has 116 valence electrons. The fourth-order valence-corrected chi connectivity index (χ4v) is 2.55. The maximum Gasteiger partial charge on any atom is 0.315 e. The number of urea groups is 1. The summed E-state index contributed by atoms with van der Waals surface area (Å²) in [5.74, 6) is 0.0599. The quantitative estimate of drug-likeness (QED) is 0.784. The molecule has 21 heavy (non-hydrogen) atoms. The Morgan fingerprint density at radius 3 is 2.76 bits per heavy atom. The van der Waals surface area contributed by atoms with Gasteiger partial charge in [0.2, 0.25) is 5.89 Å². The summed E-state index contributed by atoms with van der Waals surface area (Å²) in [5.41, 5.74) is 0.809. The van der Waals surface area contributed by atoms with Crippen LogP contribution >= 0.6 is 0 Å². The van der Waals surface area contributed by atoms with E-state index in [0.717, 1.165) is 24.3 Å². The monoisotopic (exact) mass is 295 g/mol. The Balaban J connectivity index is 1.77. The van der Waals surface area contributed by atoms with Gasteiger partial charge in [0, 0.05) is 6.04 Å². The lowest BCUT2D eigenvalue weighted by Crippen LogP contribution is -2.44. The molecule has 1 aliphatic rings. The average Bonchev–Trinajstić information content (AvgIpc) is 2.76. The van der Waals surface area contributed by atoms with Gasteiger partial charge in [0.25, 0.3) is 0 Å². The number of nitrogens with zero attached hydrogens (tertiary/aromatic N) is 1. The molecule has 0 radical (unpaired) electrons. The van der Waals surface area contributed by atoms with Gasteiger partial charge in [0.05, 0.1) is 18.2 Å². The van der Waals surface area contributed by atoms with Gasteiger partial charge in [0.15, 0.2) is 0 Å². The van der Waals surface area contributed by atoms with Gasteiger partial charge in [-0.3, -0.25) is 4.79 Å². The van der Waals surface area contributed by atoms with Crippen molar-refractivity contribution in [3.05, 3.63) is 17.3 Å². The van der Waals surface area contributed by atoms with Crippen LogP contribution in [0.25, 0.3) is 0 Å². The summed E-state index contributed by atoms with van der Waals surface area (Å²) in [4.78, 5) is 27.0. The van der Waals surface area contributed by atoms with E-state index in [-0.39, 0.29) is 24.5 Å². The Labute approximate surface area is 123 Å². The third kappa shape index (κ3) is 4.21. The summed E-state index contributed by atoms with van der Waals surface area (Å²) in [7, 11) is 0. The van der Waals surface area contributed by atoms with Crippen molar-refractivity contribution in [3.8, 4) is 0 Å². The van der Waals surface area contributed by atoms with Gasteiger partial charge in [-0.15, -0.1) is 0 Å². The lowest BCUT2D eigenvalue weighted by atomic mass is 9.86. The molecule has 2 atom stereocenters. The molecule has 1 aliphatic carbocycles. The molecule has 0 spiro atoms. The molecule has 0 aromatic carbocycles. The molecule has 7 heteroatoms. The second-order valence-electron chi connectivity index (χ2n) is 5.47. The van der Waals surface area contributed by atoms with Crippen molar-refractivity contribution in [1.29, 1.82) is 0 Å². The molecule has 0 saturated heterocycles. The van der Waals surface area contributed by atoms with Crippen LogP contribution in [-0.4, -0.2) is 28.1 Å². The highest BCUT2D eigenvalue weighted by molar-refractivity contribution is 5.74. The minimum absolute atomic E-state index is 0.0899. The summed E-state index contributed by atoms with van der Waals surface area (Å²) >= 11 is 0. The predicted molar refractivity (Wildman–Crippen MR) is 74.7 cm³/mol. The van der Waals surface area contributed by atoms with Crippen molar-refractivity contribution < 1.29 is 19.1 Å². The van der Waals surface area contributed by atoms with E-state index in [2.05, 4.69) is 15.6 Å². The fraction of sp³-hybridized carbons (Fsp3) is 0.643. The minimum atomic E-state index is -0.785. The van der Waals surface area contributed by atoms with Gasteiger partial charge >= 0.3 is 12.0 Å². The highest BCUT2D eigenvalue weighted by Crippen LogP contribution is 2.24. The Morgan fingerprint density at radius 2 is 2.14 bits per heavy atom. The number of hydrogen-bond acceptors (Lipinski definition) is 4. The van der Waals surface area contributed by atoms with Crippen molar-refractivity contribution in [2.45, 2.75) is 52.1 Å². The number of aliphatic carboxylic acids is 1. The number of carboxylic acids is 1. The lowest BCUT2D eigenvalue weighted by Gasteiger charge is -2.27. The molecule has 2 unspecified atom stereocenters. The Bertz CT molecular complexity index is 507. The van der Waals surface area contributed by atoms with Crippen LogP contribution in [0.15, 0.2) is 4.42 Å². The SMILES string of the molecule is Cc1nc(CNC(=O)NC2CCCC(C(=O)O)C2)oc1C. The zero-order chi connectivity index (χ0) is 15.4. The molecule has 1 aromatic rings. The molecule has 1 heterocycles. The second kappa shape index (κ2) is 6.60. The topological polar surface area (TPSA) is 104 Å². The van der Waals surface area contributed by atoms with Crippen LogP contribution in [0.2, 0.25) is 0 Å². The van der Waals surface area contributed by atoms with E-state index < -0.39 is 5.97 Å². The van der Waals surface area contributed by atoms with Crippen molar-refractivity contribution in [2.24, 2.45) is 5.92 Å². The highest BCUT2D eigenvalue weighted by atomic mass is 16.4. The van der Waals surface area contributed by atoms with E-state index in [9.17, 15) is 9.59 Å². The molecule has 0 bridgehead atoms. The number of carbonyl (C=O) groups excluding carboxylic acids is 1. The number of hydrogen-bond donors (Lipinski definition) is 3. The van der Waals surface area contributed by atoms with Gasteiger partial charge in [-0.1, -0.05) is 6.42 Å². The maximum absolute atomic E-state index is 11.8. The number of carbonyl (C=O) groups is 2. The minimum Gasteiger partial charge on any atom is -0.481 e. The van der Waals surface area contributed by atoms with Crippen LogP contribution < -0.4 is 10.6 Å². The first kappa shape index (κ1) is 15.3. The summed E-state index contributed by atoms with van der Waals surface area (Å²) in [6.45, 7) is 3.88. The molecule has 1 saturated carbocycles. The number of carboxylic acid groups (broad SMARTS) is 1. The van der Waals surface area contributed by atoms with E-state index in [0.29, 0.717) is 18.7 Å². The number of aromatic nitrogens is 1.